The quantitative estimate of drug-likeness (QED) is 0.679. The number of rotatable bonds is 3. The van der Waals surface area contributed by atoms with Crippen molar-refractivity contribution in [2.45, 2.75) is 6.54 Å². The smallest absolute Gasteiger partial charge is 0.337 e. The summed E-state index contributed by atoms with van der Waals surface area (Å²) in [5.41, 5.74) is 2.95. The highest BCUT2D eigenvalue weighted by atomic mass is 16.5. The number of aromatic nitrogens is 1. The Kier molecular flexibility index (Phi) is 3.25. The summed E-state index contributed by atoms with van der Waals surface area (Å²) in [5, 5.41) is 1.05. The van der Waals surface area contributed by atoms with Crippen molar-refractivity contribution >= 4 is 16.9 Å². The lowest BCUT2D eigenvalue weighted by Gasteiger charge is -2.06. The minimum atomic E-state index is -0.303. The van der Waals surface area contributed by atoms with E-state index < -0.39 is 0 Å². The van der Waals surface area contributed by atoms with E-state index in [1.807, 2.05) is 42.6 Å². The van der Waals surface area contributed by atoms with Gasteiger partial charge < -0.3 is 9.30 Å². The van der Waals surface area contributed by atoms with E-state index in [4.69, 9.17) is 4.74 Å². The zero-order valence-corrected chi connectivity index (χ0v) is 11.2. The van der Waals surface area contributed by atoms with Crippen LogP contribution >= 0.6 is 0 Å². The maximum absolute atomic E-state index is 11.5. The number of hydrogen-bond acceptors (Lipinski definition) is 2. The molecule has 2 aromatic carbocycles. The van der Waals surface area contributed by atoms with Gasteiger partial charge in [-0.2, -0.15) is 0 Å². The number of ether oxygens (including phenoxy) is 1. The van der Waals surface area contributed by atoms with Crippen molar-refractivity contribution in [3.8, 4) is 0 Å². The maximum Gasteiger partial charge on any atom is 0.337 e. The van der Waals surface area contributed by atoms with Gasteiger partial charge in [0.25, 0.3) is 0 Å². The Morgan fingerprint density at radius 2 is 1.90 bits per heavy atom. The molecule has 0 aliphatic carbocycles. The minimum absolute atomic E-state index is 0.303. The molecule has 0 fully saturated rings. The average molecular weight is 265 g/mol. The van der Waals surface area contributed by atoms with Gasteiger partial charge in [-0.3, -0.25) is 0 Å². The van der Waals surface area contributed by atoms with Gasteiger partial charge in [0.05, 0.1) is 12.7 Å². The molecule has 0 aliphatic rings. The first-order valence-corrected chi connectivity index (χ1v) is 6.49. The Labute approximate surface area is 117 Å². The molecule has 0 atom stereocenters. The Bertz CT molecular complexity index is 744. The van der Waals surface area contributed by atoms with E-state index in [1.165, 1.54) is 12.7 Å². The van der Waals surface area contributed by atoms with Crippen molar-refractivity contribution in [3.63, 3.8) is 0 Å². The molecule has 1 aromatic heterocycles. The van der Waals surface area contributed by atoms with Gasteiger partial charge in [-0.15, -0.1) is 0 Å². The van der Waals surface area contributed by atoms with Crippen LogP contribution in [0.5, 0.6) is 0 Å². The summed E-state index contributed by atoms with van der Waals surface area (Å²) in [5.74, 6) is -0.303. The second kappa shape index (κ2) is 5.21. The van der Waals surface area contributed by atoms with E-state index in [2.05, 4.69) is 16.7 Å². The standard InChI is InChI=1S/C17H15NO2/c1-20-17(19)15-7-8-16-14(11-15)9-10-18(16)12-13-5-3-2-4-6-13/h2-11H,12H2,1H3. The van der Waals surface area contributed by atoms with Gasteiger partial charge in [-0.25, -0.2) is 4.79 Å². The monoisotopic (exact) mass is 265 g/mol. The fourth-order valence-electron chi connectivity index (χ4n) is 2.36. The molecule has 0 saturated heterocycles. The van der Waals surface area contributed by atoms with E-state index in [0.717, 1.165) is 17.4 Å². The highest BCUT2D eigenvalue weighted by Gasteiger charge is 2.08. The van der Waals surface area contributed by atoms with Crippen LogP contribution < -0.4 is 0 Å². The fraction of sp³-hybridized carbons (Fsp3) is 0.118. The third-order valence-corrected chi connectivity index (χ3v) is 3.39. The first kappa shape index (κ1) is 12.5. The molecular weight excluding hydrogens is 250 g/mol. The zero-order chi connectivity index (χ0) is 13.9. The number of fused-ring (bicyclic) bond motifs is 1. The van der Waals surface area contributed by atoms with Crippen LogP contribution in [0, 0.1) is 0 Å². The SMILES string of the molecule is COC(=O)c1ccc2c(ccn2Cc2ccccc2)c1. The summed E-state index contributed by atoms with van der Waals surface area (Å²) in [6.45, 7) is 0.821. The summed E-state index contributed by atoms with van der Waals surface area (Å²) in [6.07, 6.45) is 2.04. The predicted molar refractivity (Wildman–Crippen MR) is 78.8 cm³/mol. The van der Waals surface area contributed by atoms with E-state index >= 15 is 0 Å². The fourth-order valence-corrected chi connectivity index (χ4v) is 2.36. The van der Waals surface area contributed by atoms with Gasteiger partial charge in [0.1, 0.15) is 0 Å². The van der Waals surface area contributed by atoms with Crippen LogP contribution in [-0.2, 0) is 11.3 Å². The third-order valence-electron chi connectivity index (χ3n) is 3.39. The summed E-state index contributed by atoms with van der Waals surface area (Å²) in [4.78, 5) is 11.5. The molecule has 100 valence electrons. The number of nitrogens with zero attached hydrogens (tertiary/aromatic N) is 1. The van der Waals surface area contributed by atoms with Gasteiger partial charge in [0.2, 0.25) is 0 Å². The van der Waals surface area contributed by atoms with E-state index in [9.17, 15) is 4.79 Å². The lowest BCUT2D eigenvalue weighted by Crippen LogP contribution is -2.01. The van der Waals surface area contributed by atoms with Crippen LogP contribution in [-0.4, -0.2) is 17.6 Å². The highest BCUT2D eigenvalue weighted by Crippen LogP contribution is 2.19. The Balaban J connectivity index is 1.96. The normalized spacial score (nSPS) is 10.7. The molecule has 0 aliphatic heterocycles. The largest absolute Gasteiger partial charge is 0.465 e. The summed E-state index contributed by atoms with van der Waals surface area (Å²) >= 11 is 0. The van der Waals surface area contributed by atoms with Crippen LogP contribution in [0.15, 0.2) is 60.8 Å². The van der Waals surface area contributed by atoms with E-state index in [0.29, 0.717) is 5.56 Å². The molecule has 20 heavy (non-hydrogen) atoms. The van der Waals surface area contributed by atoms with Crippen LogP contribution in [0.3, 0.4) is 0 Å². The molecule has 0 amide bonds. The highest BCUT2D eigenvalue weighted by molar-refractivity contribution is 5.94. The van der Waals surface area contributed by atoms with Gasteiger partial charge in [-0.1, -0.05) is 30.3 Å². The van der Waals surface area contributed by atoms with Crippen LogP contribution in [0.2, 0.25) is 0 Å². The van der Waals surface area contributed by atoms with Crippen LogP contribution in [0.25, 0.3) is 10.9 Å². The number of hydrogen-bond donors (Lipinski definition) is 0. The van der Waals surface area contributed by atoms with Crippen molar-refractivity contribution in [1.29, 1.82) is 0 Å². The van der Waals surface area contributed by atoms with E-state index in [1.54, 1.807) is 6.07 Å². The second-order valence-corrected chi connectivity index (χ2v) is 4.69. The molecule has 1 heterocycles. The van der Waals surface area contributed by atoms with Crippen LogP contribution in [0.1, 0.15) is 15.9 Å². The lowest BCUT2D eigenvalue weighted by atomic mass is 10.1. The number of carbonyl (C=O) groups excluding carboxylic acids is 1. The predicted octanol–water partition coefficient (Wildman–Crippen LogP) is 3.48. The maximum atomic E-state index is 11.5. The molecule has 0 N–H and O–H groups in total. The second-order valence-electron chi connectivity index (χ2n) is 4.69. The molecule has 3 heteroatoms. The van der Waals surface area contributed by atoms with Crippen molar-refractivity contribution in [3.05, 3.63) is 71.9 Å². The van der Waals surface area contributed by atoms with Gasteiger partial charge in [-0.05, 0) is 29.8 Å². The first-order valence-electron chi connectivity index (χ1n) is 6.49. The van der Waals surface area contributed by atoms with E-state index in [-0.39, 0.29) is 5.97 Å². The summed E-state index contributed by atoms with van der Waals surface area (Å²) < 4.78 is 6.91. The zero-order valence-electron chi connectivity index (χ0n) is 11.2. The van der Waals surface area contributed by atoms with Crippen LogP contribution in [0.4, 0.5) is 0 Å². The topological polar surface area (TPSA) is 31.2 Å². The minimum Gasteiger partial charge on any atom is -0.465 e. The number of methoxy groups -OCH3 is 1. The average Bonchev–Trinajstić information content (AvgIpc) is 2.90. The molecule has 3 rings (SSSR count). The molecule has 3 aromatic rings. The molecular formula is C17H15NO2. The first-order chi connectivity index (χ1) is 9.78. The van der Waals surface area contributed by atoms with Crippen molar-refractivity contribution in [2.75, 3.05) is 7.11 Å². The Hall–Kier alpha value is -2.55. The third kappa shape index (κ3) is 2.30. The van der Waals surface area contributed by atoms with Crippen molar-refractivity contribution in [1.82, 2.24) is 4.57 Å². The summed E-state index contributed by atoms with van der Waals surface area (Å²) in [6, 6.07) is 17.9. The molecule has 3 nitrogen and oxygen atoms in total. The van der Waals surface area contributed by atoms with Gasteiger partial charge >= 0.3 is 5.97 Å². The Morgan fingerprint density at radius 1 is 1.10 bits per heavy atom. The number of benzene rings is 2. The van der Waals surface area contributed by atoms with Gasteiger partial charge in [0.15, 0.2) is 0 Å². The lowest BCUT2D eigenvalue weighted by molar-refractivity contribution is 0.0601. The Morgan fingerprint density at radius 3 is 2.65 bits per heavy atom. The molecule has 0 radical (unpaired) electrons. The van der Waals surface area contributed by atoms with Gasteiger partial charge in [0, 0.05) is 23.6 Å². The number of esters is 1. The molecule has 0 saturated carbocycles. The number of carbonyl (C=O) groups is 1. The molecule has 0 unspecified atom stereocenters. The summed E-state index contributed by atoms with van der Waals surface area (Å²) in [7, 11) is 1.40. The molecule has 0 bridgehead atoms. The van der Waals surface area contributed by atoms with Crippen molar-refractivity contribution in [2.24, 2.45) is 0 Å². The van der Waals surface area contributed by atoms with Crippen molar-refractivity contribution < 1.29 is 9.53 Å². The molecule has 0 spiro atoms.